The van der Waals surface area contributed by atoms with Crippen LogP contribution in [-0.4, -0.2) is 43.5 Å². The number of carbonyl (C=O) groups excluding carboxylic acids is 3. The summed E-state index contributed by atoms with van der Waals surface area (Å²) in [5.74, 6) is 5.60. The third-order valence-corrected chi connectivity index (χ3v) is 4.09. The van der Waals surface area contributed by atoms with Crippen molar-refractivity contribution in [3.63, 3.8) is 0 Å². The van der Waals surface area contributed by atoms with Crippen molar-refractivity contribution < 1.29 is 23.9 Å². The summed E-state index contributed by atoms with van der Waals surface area (Å²) in [5.41, 5.74) is 0. The van der Waals surface area contributed by atoms with Crippen molar-refractivity contribution in [3.05, 3.63) is 0 Å². The second kappa shape index (κ2) is 18.5. The van der Waals surface area contributed by atoms with E-state index in [1.807, 2.05) is 0 Å². The van der Waals surface area contributed by atoms with Gasteiger partial charge in [0.1, 0.15) is 11.8 Å². The summed E-state index contributed by atoms with van der Waals surface area (Å²) in [4.78, 5) is 35.2. The number of nitrogens with one attached hydrogen (secondary N) is 1. The molecule has 0 aliphatic rings. The molecule has 1 atom stereocenters. The van der Waals surface area contributed by atoms with E-state index in [1.165, 1.54) is 0 Å². The molecule has 0 spiro atoms. The average Bonchev–Trinajstić information content (AvgIpc) is 2.66. The van der Waals surface area contributed by atoms with Crippen molar-refractivity contribution in [1.29, 1.82) is 0 Å². The zero-order valence-corrected chi connectivity index (χ0v) is 17.8. The van der Waals surface area contributed by atoms with Gasteiger partial charge in [-0.25, -0.2) is 0 Å². The molecule has 0 rings (SSSR count). The van der Waals surface area contributed by atoms with Gasteiger partial charge in [0.05, 0.1) is 13.2 Å². The molecule has 0 saturated heterocycles. The molecule has 1 unspecified atom stereocenters. The molecule has 0 radical (unpaired) electrons. The number of hydrogen-bond donors (Lipinski definition) is 1. The maximum atomic E-state index is 12.0. The van der Waals surface area contributed by atoms with Crippen molar-refractivity contribution in [3.8, 4) is 11.8 Å². The van der Waals surface area contributed by atoms with Crippen molar-refractivity contribution in [2.75, 3.05) is 19.8 Å². The van der Waals surface area contributed by atoms with Gasteiger partial charge in [-0.3, -0.25) is 14.4 Å². The molecule has 0 saturated carbocycles. The number of hydrogen-bond acceptors (Lipinski definition) is 6. The molecule has 28 heavy (non-hydrogen) atoms. The molecule has 160 valence electrons. The van der Waals surface area contributed by atoms with E-state index in [4.69, 9.17) is 9.47 Å². The van der Waals surface area contributed by atoms with Gasteiger partial charge in [0.25, 0.3) is 0 Å². The Balaban J connectivity index is 4.20. The average molecular weight is 396 g/mol. The fourth-order valence-corrected chi connectivity index (χ4v) is 2.56. The monoisotopic (exact) mass is 395 g/mol. The summed E-state index contributed by atoms with van der Waals surface area (Å²) in [5, 5.41) is 3.09. The van der Waals surface area contributed by atoms with Crippen LogP contribution in [0.2, 0.25) is 0 Å². The summed E-state index contributed by atoms with van der Waals surface area (Å²) in [6.45, 7) is 6.82. The van der Waals surface area contributed by atoms with E-state index in [-0.39, 0.29) is 17.7 Å². The van der Waals surface area contributed by atoms with Crippen LogP contribution in [0.5, 0.6) is 0 Å². The smallest absolute Gasteiger partial charge is 0.324 e. The lowest BCUT2D eigenvalue weighted by atomic mass is 10.1. The molecule has 0 bridgehead atoms. The van der Waals surface area contributed by atoms with Crippen LogP contribution < -0.4 is 5.32 Å². The maximum Gasteiger partial charge on any atom is 0.324 e. The van der Waals surface area contributed by atoms with Gasteiger partial charge in [-0.15, -0.1) is 11.8 Å². The molecule has 0 aromatic carbocycles. The van der Waals surface area contributed by atoms with E-state index in [9.17, 15) is 14.4 Å². The lowest BCUT2D eigenvalue weighted by Gasteiger charge is -2.14. The molecule has 0 aliphatic carbocycles. The zero-order valence-electron chi connectivity index (χ0n) is 17.8. The summed E-state index contributed by atoms with van der Waals surface area (Å²) in [6.07, 6.45) is 7.24. The molecule has 0 aliphatic heterocycles. The van der Waals surface area contributed by atoms with Crippen molar-refractivity contribution in [1.82, 2.24) is 5.32 Å². The fourth-order valence-electron chi connectivity index (χ4n) is 2.56. The molecular formula is C22H37NO5. The number of rotatable bonds is 16. The summed E-state index contributed by atoms with van der Waals surface area (Å²) in [6, 6.07) is -0.537. The van der Waals surface area contributed by atoms with E-state index < -0.39 is 6.04 Å². The van der Waals surface area contributed by atoms with Crippen molar-refractivity contribution in [2.24, 2.45) is 0 Å². The highest BCUT2D eigenvalue weighted by atomic mass is 16.5. The Kier molecular flexibility index (Phi) is 17.3. The Morgan fingerprint density at radius 3 is 2.29 bits per heavy atom. The van der Waals surface area contributed by atoms with Crippen LogP contribution in [0.15, 0.2) is 0 Å². The highest BCUT2D eigenvalue weighted by molar-refractivity contribution is 5.79. The molecule has 6 heteroatoms. The van der Waals surface area contributed by atoms with Gasteiger partial charge in [0.2, 0.25) is 0 Å². The third-order valence-electron chi connectivity index (χ3n) is 4.09. The SMILES string of the molecule is CCCCCCC(=O)CCNC(CC#CCCCC(=O)OCC)C(=O)OCC. The van der Waals surface area contributed by atoms with E-state index in [0.29, 0.717) is 58.3 Å². The number of esters is 2. The van der Waals surface area contributed by atoms with Crippen LogP contribution in [0.25, 0.3) is 0 Å². The first-order valence-electron chi connectivity index (χ1n) is 10.6. The number of unbranched alkanes of at least 4 members (excludes halogenated alkanes) is 4. The minimum Gasteiger partial charge on any atom is -0.466 e. The highest BCUT2D eigenvalue weighted by Crippen LogP contribution is 2.05. The lowest BCUT2D eigenvalue weighted by Crippen LogP contribution is -2.39. The Bertz CT molecular complexity index is 507. The summed E-state index contributed by atoms with van der Waals surface area (Å²) in [7, 11) is 0. The van der Waals surface area contributed by atoms with Crippen LogP contribution in [0, 0.1) is 11.8 Å². The standard InChI is InChI=1S/C22H37NO5/c1-4-7-8-11-14-19(24)17-18-23-20(22(26)28-6-3)15-12-9-10-13-16-21(25)27-5-2/h20,23H,4-8,10-11,13-18H2,1-3H3. The number of ether oxygens (including phenoxy) is 2. The predicted molar refractivity (Wildman–Crippen MR) is 110 cm³/mol. The summed E-state index contributed by atoms with van der Waals surface area (Å²) < 4.78 is 9.93. The van der Waals surface area contributed by atoms with Gasteiger partial charge in [-0.2, -0.15) is 0 Å². The van der Waals surface area contributed by atoms with Crippen LogP contribution in [0.1, 0.15) is 85.0 Å². The lowest BCUT2D eigenvalue weighted by molar-refractivity contribution is -0.145. The molecule has 0 heterocycles. The largest absolute Gasteiger partial charge is 0.466 e. The van der Waals surface area contributed by atoms with Gasteiger partial charge < -0.3 is 14.8 Å². The van der Waals surface area contributed by atoms with Crippen LogP contribution in [-0.2, 0) is 23.9 Å². The van der Waals surface area contributed by atoms with E-state index in [0.717, 1.165) is 25.7 Å². The van der Waals surface area contributed by atoms with Crippen LogP contribution in [0.4, 0.5) is 0 Å². The molecule has 0 amide bonds. The second-order valence-corrected chi connectivity index (χ2v) is 6.57. The summed E-state index contributed by atoms with van der Waals surface area (Å²) >= 11 is 0. The molecule has 0 aromatic rings. The van der Waals surface area contributed by atoms with Crippen LogP contribution in [0.3, 0.4) is 0 Å². The van der Waals surface area contributed by atoms with E-state index in [2.05, 4.69) is 24.1 Å². The molecule has 1 N–H and O–H groups in total. The quantitative estimate of drug-likeness (QED) is 0.244. The van der Waals surface area contributed by atoms with E-state index in [1.54, 1.807) is 13.8 Å². The highest BCUT2D eigenvalue weighted by Gasteiger charge is 2.18. The first kappa shape index (κ1) is 26.1. The topological polar surface area (TPSA) is 81.7 Å². The molecular weight excluding hydrogens is 358 g/mol. The van der Waals surface area contributed by atoms with Gasteiger partial charge in [-0.05, 0) is 26.7 Å². The third kappa shape index (κ3) is 15.2. The Morgan fingerprint density at radius 2 is 1.61 bits per heavy atom. The van der Waals surface area contributed by atoms with E-state index >= 15 is 0 Å². The van der Waals surface area contributed by atoms with Crippen molar-refractivity contribution >= 4 is 17.7 Å². The predicted octanol–water partition coefficient (Wildman–Crippen LogP) is 3.56. The number of Topliss-reactive ketones (excluding diaryl/α,β-unsaturated/α-hetero) is 1. The van der Waals surface area contributed by atoms with Gasteiger partial charge in [-0.1, -0.05) is 26.2 Å². The Morgan fingerprint density at radius 1 is 0.857 bits per heavy atom. The zero-order chi connectivity index (χ0) is 21.0. The fraction of sp³-hybridized carbons (Fsp3) is 0.773. The first-order valence-corrected chi connectivity index (χ1v) is 10.6. The van der Waals surface area contributed by atoms with Gasteiger partial charge in [0.15, 0.2) is 0 Å². The molecule has 6 nitrogen and oxygen atoms in total. The number of ketones is 1. The molecule has 0 fully saturated rings. The normalized spacial score (nSPS) is 11.2. The Hall–Kier alpha value is -1.87. The second-order valence-electron chi connectivity index (χ2n) is 6.57. The van der Waals surface area contributed by atoms with Gasteiger partial charge >= 0.3 is 11.9 Å². The minimum atomic E-state index is -0.537. The number of carbonyl (C=O) groups is 3. The first-order chi connectivity index (χ1) is 13.5. The van der Waals surface area contributed by atoms with Gasteiger partial charge in [0, 0.05) is 38.6 Å². The van der Waals surface area contributed by atoms with Crippen LogP contribution >= 0.6 is 0 Å². The van der Waals surface area contributed by atoms with Crippen molar-refractivity contribution in [2.45, 2.75) is 91.0 Å². The Labute approximate surface area is 170 Å². The maximum absolute atomic E-state index is 12.0. The minimum absolute atomic E-state index is 0.213. The molecule has 0 aromatic heterocycles.